The van der Waals surface area contributed by atoms with E-state index in [0.29, 0.717) is 0 Å². The zero-order chi connectivity index (χ0) is 10.0. The average molecular weight is 192 g/mol. The molecule has 1 rings (SSSR count). The molecule has 1 saturated heterocycles. The molecule has 0 aromatic heterocycles. The summed E-state index contributed by atoms with van der Waals surface area (Å²) in [6.07, 6.45) is -3.39. The van der Waals surface area contributed by atoms with Crippen LogP contribution in [0.1, 0.15) is 6.92 Å². The highest BCUT2D eigenvalue weighted by Gasteiger charge is 2.46. The first-order valence-corrected chi connectivity index (χ1v) is 4.19. The first-order chi connectivity index (χ1) is 6.11. The average Bonchev–Trinajstić information content (AvgIpc) is 2.41. The monoisotopic (exact) mass is 192 g/mol. The zero-order valence-corrected chi connectivity index (χ0v) is 8.01. The van der Waals surface area contributed by atoms with Gasteiger partial charge in [-0.15, -0.1) is 0 Å². The van der Waals surface area contributed by atoms with Crippen molar-refractivity contribution in [2.75, 3.05) is 14.2 Å². The highest BCUT2D eigenvalue weighted by molar-refractivity contribution is 4.90. The number of aliphatic hydroxyl groups excluding tert-OH is 2. The highest BCUT2D eigenvalue weighted by Crippen LogP contribution is 2.25. The van der Waals surface area contributed by atoms with E-state index in [2.05, 4.69) is 0 Å². The van der Waals surface area contributed by atoms with Gasteiger partial charge in [-0.1, -0.05) is 0 Å². The molecule has 5 heteroatoms. The molecule has 5 nitrogen and oxygen atoms in total. The standard InChI is InChI=1S/C8H16O5/c1-4(9)6-5(10)7(11-2)8(12-3)13-6/h4-10H,1-3H3/t4-,5+,6+,7+,8+/m0/s1. The van der Waals surface area contributed by atoms with E-state index in [1.165, 1.54) is 14.2 Å². The number of aliphatic hydroxyl groups is 2. The molecule has 0 unspecified atom stereocenters. The van der Waals surface area contributed by atoms with E-state index < -0.39 is 30.7 Å². The van der Waals surface area contributed by atoms with Gasteiger partial charge in [0.1, 0.15) is 18.3 Å². The third-order valence-corrected chi connectivity index (χ3v) is 2.21. The highest BCUT2D eigenvalue weighted by atomic mass is 16.7. The molecule has 0 radical (unpaired) electrons. The summed E-state index contributed by atoms with van der Waals surface area (Å²) >= 11 is 0. The molecule has 2 N–H and O–H groups in total. The van der Waals surface area contributed by atoms with Crippen LogP contribution in [0, 0.1) is 0 Å². The van der Waals surface area contributed by atoms with Crippen molar-refractivity contribution in [3.05, 3.63) is 0 Å². The van der Waals surface area contributed by atoms with Crippen LogP contribution in [0.5, 0.6) is 0 Å². The fourth-order valence-electron chi connectivity index (χ4n) is 1.50. The van der Waals surface area contributed by atoms with Crippen molar-refractivity contribution in [3.63, 3.8) is 0 Å². The number of hydrogen-bond acceptors (Lipinski definition) is 5. The summed E-state index contributed by atoms with van der Waals surface area (Å²) in [5, 5.41) is 18.9. The molecule has 0 aromatic rings. The third kappa shape index (κ3) is 2.00. The van der Waals surface area contributed by atoms with E-state index in [4.69, 9.17) is 14.2 Å². The predicted molar refractivity (Wildman–Crippen MR) is 44.2 cm³/mol. The topological polar surface area (TPSA) is 68.2 Å². The van der Waals surface area contributed by atoms with Crippen molar-refractivity contribution < 1.29 is 24.4 Å². The Morgan fingerprint density at radius 1 is 1.31 bits per heavy atom. The van der Waals surface area contributed by atoms with Gasteiger partial charge in [0, 0.05) is 14.2 Å². The second-order valence-corrected chi connectivity index (χ2v) is 3.14. The number of rotatable bonds is 3. The lowest BCUT2D eigenvalue weighted by Crippen LogP contribution is -2.38. The normalized spacial score (nSPS) is 42.2. The Kier molecular flexibility index (Phi) is 3.63. The summed E-state index contributed by atoms with van der Waals surface area (Å²) in [4.78, 5) is 0. The number of methoxy groups -OCH3 is 2. The van der Waals surface area contributed by atoms with E-state index in [9.17, 15) is 10.2 Å². The van der Waals surface area contributed by atoms with Crippen LogP contribution < -0.4 is 0 Å². The predicted octanol–water partition coefficient (Wildman–Crippen LogP) is -0.886. The molecule has 0 aromatic carbocycles. The Hall–Kier alpha value is -0.200. The van der Waals surface area contributed by atoms with Crippen molar-refractivity contribution in [2.45, 2.75) is 37.6 Å². The van der Waals surface area contributed by atoms with Gasteiger partial charge in [0.25, 0.3) is 0 Å². The van der Waals surface area contributed by atoms with Gasteiger partial charge >= 0.3 is 0 Å². The number of ether oxygens (including phenoxy) is 3. The minimum Gasteiger partial charge on any atom is -0.391 e. The maximum Gasteiger partial charge on any atom is 0.186 e. The molecule has 1 aliphatic rings. The first-order valence-electron chi connectivity index (χ1n) is 4.19. The van der Waals surface area contributed by atoms with Gasteiger partial charge in [-0.25, -0.2) is 0 Å². The van der Waals surface area contributed by atoms with Gasteiger partial charge in [0.2, 0.25) is 0 Å². The van der Waals surface area contributed by atoms with E-state index in [-0.39, 0.29) is 0 Å². The Morgan fingerprint density at radius 2 is 1.92 bits per heavy atom. The summed E-state index contributed by atoms with van der Waals surface area (Å²) in [5.41, 5.74) is 0. The van der Waals surface area contributed by atoms with Crippen molar-refractivity contribution >= 4 is 0 Å². The molecule has 1 aliphatic heterocycles. The van der Waals surface area contributed by atoms with Crippen LogP contribution >= 0.6 is 0 Å². The summed E-state index contributed by atoms with van der Waals surface area (Å²) < 4.78 is 15.2. The molecule has 13 heavy (non-hydrogen) atoms. The quantitative estimate of drug-likeness (QED) is 0.607. The lowest BCUT2D eigenvalue weighted by molar-refractivity contribution is -0.166. The van der Waals surface area contributed by atoms with Crippen molar-refractivity contribution in [2.24, 2.45) is 0 Å². The van der Waals surface area contributed by atoms with Crippen LogP contribution in [-0.4, -0.2) is 55.1 Å². The molecule has 1 heterocycles. The molecule has 78 valence electrons. The SMILES string of the molecule is CO[C@@H]1O[C@H]([C@H](C)O)[C@@H](O)[C@H]1OC. The van der Waals surface area contributed by atoms with E-state index in [1.807, 2.05) is 0 Å². The van der Waals surface area contributed by atoms with Crippen molar-refractivity contribution in [1.82, 2.24) is 0 Å². The molecule has 0 amide bonds. The fraction of sp³-hybridized carbons (Fsp3) is 1.00. The molecule has 5 atom stereocenters. The molecular weight excluding hydrogens is 176 g/mol. The molecule has 1 fully saturated rings. The molecule has 0 bridgehead atoms. The maximum absolute atomic E-state index is 9.63. The van der Waals surface area contributed by atoms with Gasteiger partial charge in [-0.2, -0.15) is 0 Å². The Bertz CT molecular complexity index is 159. The summed E-state index contributed by atoms with van der Waals surface area (Å²) in [6.45, 7) is 1.55. The summed E-state index contributed by atoms with van der Waals surface area (Å²) in [6, 6.07) is 0. The van der Waals surface area contributed by atoms with Crippen LogP contribution in [-0.2, 0) is 14.2 Å². The van der Waals surface area contributed by atoms with Crippen LogP contribution in [0.15, 0.2) is 0 Å². The van der Waals surface area contributed by atoms with E-state index in [1.54, 1.807) is 6.92 Å². The van der Waals surface area contributed by atoms with Crippen LogP contribution in [0.3, 0.4) is 0 Å². The van der Waals surface area contributed by atoms with Crippen LogP contribution in [0.2, 0.25) is 0 Å². The Balaban J connectivity index is 2.65. The molecule has 0 aliphatic carbocycles. The van der Waals surface area contributed by atoms with Crippen molar-refractivity contribution in [1.29, 1.82) is 0 Å². The molecular formula is C8H16O5. The van der Waals surface area contributed by atoms with Gasteiger partial charge in [-0.3, -0.25) is 0 Å². The Labute approximate surface area is 77.2 Å². The fourth-order valence-corrected chi connectivity index (χ4v) is 1.50. The van der Waals surface area contributed by atoms with Gasteiger partial charge in [0.15, 0.2) is 6.29 Å². The van der Waals surface area contributed by atoms with E-state index >= 15 is 0 Å². The summed E-state index contributed by atoms with van der Waals surface area (Å²) in [5.74, 6) is 0. The Morgan fingerprint density at radius 3 is 2.23 bits per heavy atom. The maximum atomic E-state index is 9.63. The minimum atomic E-state index is -0.852. The largest absolute Gasteiger partial charge is 0.391 e. The van der Waals surface area contributed by atoms with Gasteiger partial charge in [-0.05, 0) is 6.92 Å². The minimum absolute atomic E-state index is 0.537. The second kappa shape index (κ2) is 4.34. The van der Waals surface area contributed by atoms with Crippen LogP contribution in [0.25, 0.3) is 0 Å². The lowest BCUT2D eigenvalue weighted by atomic mass is 10.1. The smallest absolute Gasteiger partial charge is 0.186 e. The van der Waals surface area contributed by atoms with Gasteiger partial charge in [0.05, 0.1) is 6.10 Å². The number of hydrogen-bond donors (Lipinski definition) is 2. The third-order valence-electron chi connectivity index (χ3n) is 2.21. The second-order valence-electron chi connectivity index (χ2n) is 3.14. The molecule has 0 spiro atoms. The van der Waals surface area contributed by atoms with Crippen LogP contribution in [0.4, 0.5) is 0 Å². The van der Waals surface area contributed by atoms with E-state index in [0.717, 1.165) is 0 Å². The lowest BCUT2D eigenvalue weighted by Gasteiger charge is -2.17. The molecule has 0 saturated carbocycles. The first kappa shape index (κ1) is 10.9. The van der Waals surface area contributed by atoms with Crippen molar-refractivity contribution in [3.8, 4) is 0 Å². The van der Waals surface area contributed by atoms with Gasteiger partial charge < -0.3 is 24.4 Å². The summed E-state index contributed by atoms with van der Waals surface area (Å²) in [7, 11) is 2.93. The zero-order valence-electron chi connectivity index (χ0n) is 8.01.